The van der Waals surface area contributed by atoms with Gasteiger partial charge in [-0.3, -0.25) is 14.5 Å². The summed E-state index contributed by atoms with van der Waals surface area (Å²) in [6, 6.07) is 13.0. The fourth-order valence-corrected chi connectivity index (χ4v) is 4.83. The summed E-state index contributed by atoms with van der Waals surface area (Å²) in [4.78, 5) is 28.5. The van der Waals surface area contributed by atoms with E-state index in [0.717, 1.165) is 10.4 Å². The van der Waals surface area contributed by atoms with Crippen LogP contribution in [-0.4, -0.2) is 23.6 Å². The van der Waals surface area contributed by atoms with Crippen LogP contribution in [0.5, 0.6) is 11.5 Å². The molecule has 5 rings (SSSR count). The van der Waals surface area contributed by atoms with Gasteiger partial charge in [-0.2, -0.15) is 0 Å². The number of rotatable bonds is 3. The number of nitrogens with zero attached hydrogens (tertiary/aromatic N) is 1. The van der Waals surface area contributed by atoms with Crippen LogP contribution in [0.2, 0.25) is 5.02 Å². The van der Waals surface area contributed by atoms with E-state index in [1.165, 1.54) is 16.2 Å². The molecular formula is C23H16ClNO5S. The van der Waals surface area contributed by atoms with Crippen LogP contribution in [0.3, 0.4) is 0 Å². The number of hydrogen-bond acceptors (Lipinski definition) is 6. The molecule has 1 amide bonds. The number of aliphatic hydroxyl groups is 1. The van der Waals surface area contributed by atoms with Gasteiger partial charge in [-0.05, 0) is 54.3 Å². The van der Waals surface area contributed by atoms with Gasteiger partial charge in [0.15, 0.2) is 11.5 Å². The summed E-state index contributed by atoms with van der Waals surface area (Å²) in [6.07, 6.45) is 0. The quantitative estimate of drug-likeness (QED) is 0.340. The Morgan fingerprint density at radius 2 is 1.94 bits per heavy atom. The minimum absolute atomic E-state index is 0.0192. The molecule has 2 aliphatic heterocycles. The minimum Gasteiger partial charge on any atom is -0.507 e. The zero-order valence-corrected chi connectivity index (χ0v) is 17.9. The molecule has 1 fully saturated rings. The highest BCUT2D eigenvalue weighted by molar-refractivity contribution is 7.10. The van der Waals surface area contributed by atoms with Gasteiger partial charge in [-0.1, -0.05) is 23.7 Å². The molecule has 0 saturated carbocycles. The molecule has 1 N–H and O–H groups in total. The van der Waals surface area contributed by atoms with Crippen molar-refractivity contribution in [1.29, 1.82) is 0 Å². The SMILES string of the molecule is Cc1ccc(Cl)cc1N1C(=O)C(=O)/C(=C(\O)c2ccc3c(c2)OCO3)C1c1cccs1. The number of halogens is 1. The number of aryl methyl sites for hydroxylation is 1. The Hall–Kier alpha value is -3.29. The lowest BCUT2D eigenvalue weighted by molar-refractivity contribution is -0.132. The topological polar surface area (TPSA) is 76.1 Å². The summed E-state index contributed by atoms with van der Waals surface area (Å²) < 4.78 is 10.7. The molecule has 2 aromatic carbocycles. The normalized spacial score (nSPS) is 19.3. The highest BCUT2D eigenvalue weighted by Gasteiger charge is 2.47. The molecule has 0 radical (unpaired) electrons. The van der Waals surface area contributed by atoms with Crippen LogP contribution in [0.15, 0.2) is 59.5 Å². The Bertz CT molecular complexity index is 1250. The zero-order valence-electron chi connectivity index (χ0n) is 16.3. The molecule has 31 heavy (non-hydrogen) atoms. The first-order valence-corrected chi connectivity index (χ1v) is 10.7. The van der Waals surface area contributed by atoms with E-state index in [1.807, 2.05) is 24.4 Å². The molecule has 1 unspecified atom stereocenters. The van der Waals surface area contributed by atoms with Crippen molar-refractivity contribution in [2.45, 2.75) is 13.0 Å². The Labute approximate surface area is 186 Å². The Morgan fingerprint density at radius 3 is 2.71 bits per heavy atom. The summed E-state index contributed by atoms with van der Waals surface area (Å²) in [5, 5.41) is 13.5. The van der Waals surface area contributed by atoms with E-state index in [4.69, 9.17) is 21.1 Å². The maximum absolute atomic E-state index is 13.2. The van der Waals surface area contributed by atoms with E-state index in [9.17, 15) is 14.7 Å². The van der Waals surface area contributed by atoms with E-state index in [1.54, 1.807) is 36.4 Å². The second-order valence-corrected chi connectivity index (χ2v) is 8.60. The van der Waals surface area contributed by atoms with Crippen molar-refractivity contribution >= 4 is 46.1 Å². The lowest BCUT2D eigenvalue weighted by atomic mass is 9.99. The number of carbonyl (C=O) groups excluding carboxylic acids is 2. The number of ether oxygens (including phenoxy) is 2. The van der Waals surface area contributed by atoms with Crippen molar-refractivity contribution in [2.75, 3.05) is 11.7 Å². The predicted octanol–water partition coefficient (Wildman–Crippen LogP) is 5.06. The molecule has 3 aromatic rings. The molecule has 0 aliphatic carbocycles. The Morgan fingerprint density at radius 1 is 1.13 bits per heavy atom. The fraction of sp³-hybridized carbons (Fsp3) is 0.130. The highest BCUT2D eigenvalue weighted by atomic mass is 35.5. The third kappa shape index (κ3) is 3.17. The third-order valence-electron chi connectivity index (χ3n) is 5.33. The number of aliphatic hydroxyl groups excluding tert-OH is 1. The monoisotopic (exact) mass is 453 g/mol. The lowest BCUT2D eigenvalue weighted by Gasteiger charge is -2.25. The van der Waals surface area contributed by atoms with Crippen LogP contribution < -0.4 is 14.4 Å². The van der Waals surface area contributed by atoms with Gasteiger partial charge < -0.3 is 14.6 Å². The van der Waals surface area contributed by atoms with Crippen LogP contribution in [0, 0.1) is 6.92 Å². The van der Waals surface area contributed by atoms with Crippen molar-refractivity contribution in [1.82, 2.24) is 0 Å². The second kappa shape index (κ2) is 7.44. The number of fused-ring (bicyclic) bond motifs is 1. The van der Waals surface area contributed by atoms with Gasteiger partial charge in [0, 0.05) is 21.2 Å². The summed E-state index contributed by atoms with van der Waals surface area (Å²) >= 11 is 7.59. The molecule has 6 nitrogen and oxygen atoms in total. The number of benzene rings is 2. The number of amides is 1. The van der Waals surface area contributed by atoms with Gasteiger partial charge in [0.05, 0.1) is 5.57 Å². The number of thiophene rings is 1. The Balaban J connectivity index is 1.71. The molecular weight excluding hydrogens is 438 g/mol. The van der Waals surface area contributed by atoms with E-state index in [2.05, 4.69) is 0 Å². The number of Topliss-reactive ketones (excluding diaryl/α,β-unsaturated/α-hetero) is 1. The van der Waals surface area contributed by atoms with Gasteiger partial charge in [0.2, 0.25) is 6.79 Å². The van der Waals surface area contributed by atoms with Crippen LogP contribution in [0.25, 0.3) is 5.76 Å². The van der Waals surface area contributed by atoms with E-state index in [-0.39, 0.29) is 18.1 Å². The van der Waals surface area contributed by atoms with Gasteiger partial charge in [-0.25, -0.2) is 0 Å². The molecule has 3 heterocycles. The standard InChI is InChI=1S/C23H16ClNO5S/c1-12-4-6-14(24)10-15(12)25-20(18-3-2-8-31-18)19(22(27)23(25)28)21(26)13-5-7-16-17(9-13)30-11-29-16/h2-10,20,26H,11H2,1H3/b21-19-. The third-order valence-corrected chi connectivity index (χ3v) is 6.49. The van der Waals surface area contributed by atoms with Crippen molar-refractivity contribution < 1.29 is 24.2 Å². The number of anilines is 1. The summed E-state index contributed by atoms with van der Waals surface area (Å²) in [5.41, 5.74) is 1.70. The Kier molecular flexibility index (Phi) is 4.72. The fourth-order valence-electron chi connectivity index (χ4n) is 3.84. The molecule has 156 valence electrons. The lowest BCUT2D eigenvalue weighted by Crippen LogP contribution is -2.29. The molecule has 1 saturated heterocycles. The molecule has 1 atom stereocenters. The number of ketones is 1. The molecule has 2 aliphatic rings. The predicted molar refractivity (Wildman–Crippen MR) is 118 cm³/mol. The van der Waals surface area contributed by atoms with Crippen LogP contribution in [-0.2, 0) is 9.59 Å². The van der Waals surface area contributed by atoms with E-state index >= 15 is 0 Å². The van der Waals surface area contributed by atoms with Crippen molar-refractivity contribution in [2.24, 2.45) is 0 Å². The van der Waals surface area contributed by atoms with Gasteiger partial charge in [0.25, 0.3) is 11.7 Å². The van der Waals surface area contributed by atoms with Crippen molar-refractivity contribution in [3.63, 3.8) is 0 Å². The van der Waals surface area contributed by atoms with Crippen LogP contribution in [0.4, 0.5) is 5.69 Å². The van der Waals surface area contributed by atoms with Crippen LogP contribution >= 0.6 is 22.9 Å². The van der Waals surface area contributed by atoms with Gasteiger partial charge >= 0.3 is 0 Å². The minimum atomic E-state index is -0.775. The van der Waals surface area contributed by atoms with Gasteiger partial charge in [0.1, 0.15) is 11.8 Å². The first-order chi connectivity index (χ1) is 15.0. The van der Waals surface area contributed by atoms with Crippen molar-refractivity contribution in [3.05, 3.63) is 80.5 Å². The average molecular weight is 454 g/mol. The summed E-state index contributed by atoms with van der Waals surface area (Å²) in [5.74, 6) is -0.714. The van der Waals surface area contributed by atoms with Gasteiger partial charge in [-0.15, -0.1) is 11.3 Å². The van der Waals surface area contributed by atoms with E-state index in [0.29, 0.717) is 27.8 Å². The molecule has 0 bridgehead atoms. The second-order valence-electron chi connectivity index (χ2n) is 7.18. The highest BCUT2D eigenvalue weighted by Crippen LogP contribution is 2.45. The zero-order chi connectivity index (χ0) is 21.7. The first kappa shape index (κ1) is 19.7. The summed E-state index contributed by atoms with van der Waals surface area (Å²) in [7, 11) is 0. The number of hydrogen-bond donors (Lipinski definition) is 1. The largest absolute Gasteiger partial charge is 0.507 e. The van der Waals surface area contributed by atoms with Crippen molar-refractivity contribution in [3.8, 4) is 11.5 Å². The first-order valence-electron chi connectivity index (χ1n) is 9.46. The average Bonchev–Trinajstić information content (AvgIpc) is 3.50. The van der Waals surface area contributed by atoms with Crippen LogP contribution in [0.1, 0.15) is 22.0 Å². The summed E-state index contributed by atoms with van der Waals surface area (Å²) in [6.45, 7) is 1.93. The molecule has 0 spiro atoms. The number of carbonyl (C=O) groups is 2. The maximum Gasteiger partial charge on any atom is 0.300 e. The molecule has 1 aromatic heterocycles. The smallest absolute Gasteiger partial charge is 0.300 e. The van der Waals surface area contributed by atoms with E-state index < -0.39 is 17.7 Å². The maximum atomic E-state index is 13.2. The molecule has 8 heteroatoms.